The number of hydrogen-bond acceptors (Lipinski definition) is 4. The number of nitrogen functional groups attached to an aromatic ring is 1. The van der Waals surface area contributed by atoms with Crippen molar-refractivity contribution in [3.8, 4) is 0 Å². The lowest BCUT2D eigenvalue weighted by Gasteiger charge is -2.10. The van der Waals surface area contributed by atoms with Crippen LogP contribution in [0, 0.1) is 5.92 Å². The molecule has 2 aromatic heterocycles. The van der Waals surface area contributed by atoms with Gasteiger partial charge in [-0.2, -0.15) is 0 Å². The van der Waals surface area contributed by atoms with E-state index in [1.807, 2.05) is 22.8 Å². The molecular weight excluding hydrogens is 264 g/mol. The average molecular weight is 284 g/mol. The maximum atomic E-state index is 6.05. The van der Waals surface area contributed by atoms with Crippen LogP contribution in [0.5, 0.6) is 0 Å². The van der Waals surface area contributed by atoms with Crippen molar-refractivity contribution in [2.24, 2.45) is 5.92 Å². The molecule has 0 aliphatic carbocycles. The summed E-state index contributed by atoms with van der Waals surface area (Å²) in [4.78, 5) is 8.82. The van der Waals surface area contributed by atoms with Gasteiger partial charge in [-0.05, 0) is 12.0 Å². The van der Waals surface area contributed by atoms with Gasteiger partial charge in [0.1, 0.15) is 5.52 Å². The third kappa shape index (κ3) is 2.69. The van der Waals surface area contributed by atoms with Crippen molar-refractivity contribution >= 4 is 27.9 Å². The molecule has 1 aromatic carbocycles. The summed E-state index contributed by atoms with van der Waals surface area (Å²) in [7, 11) is 0. The quantitative estimate of drug-likeness (QED) is 0.732. The predicted molar refractivity (Wildman–Crippen MR) is 85.1 cm³/mol. The van der Waals surface area contributed by atoms with Crippen molar-refractivity contribution in [2.75, 3.05) is 18.9 Å². The number of ether oxygens (including phenoxy) is 1. The molecule has 5 nitrogen and oxygen atoms in total. The van der Waals surface area contributed by atoms with Gasteiger partial charge in [0.25, 0.3) is 0 Å². The highest BCUT2D eigenvalue weighted by molar-refractivity contribution is 6.02. The molecule has 2 N–H and O–H groups in total. The first kappa shape index (κ1) is 13.8. The van der Waals surface area contributed by atoms with Gasteiger partial charge in [-0.25, -0.2) is 4.98 Å². The summed E-state index contributed by atoms with van der Waals surface area (Å²) in [5.41, 5.74) is 8.87. The van der Waals surface area contributed by atoms with Gasteiger partial charge in [0.2, 0.25) is 5.95 Å². The Morgan fingerprint density at radius 1 is 1.24 bits per heavy atom. The SMILES string of the molecule is CC(C)COCCn1c(N)nc2cnc3ccccc3c21. The smallest absolute Gasteiger partial charge is 0.201 e. The number of pyridine rings is 1. The number of para-hydroxylation sites is 1. The molecule has 0 saturated heterocycles. The van der Waals surface area contributed by atoms with Gasteiger partial charge >= 0.3 is 0 Å². The van der Waals surface area contributed by atoms with Crippen LogP contribution in [-0.4, -0.2) is 27.7 Å². The van der Waals surface area contributed by atoms with Gasteiger partial charge in [-0.3, -0.25) is 4.98 Å². The molecule has 0 aliphatic heterocycles. The van der Waals surface area contributed by atoms with Crippen molar-refractivity contribution in [1.29, 1.82) is 0 Å². The molecule has 110 valence electrons. The molecule has 0 amide bonds. The lowest BCUT2D eigenvalue weighted by Crippen LogP contribution is -2.11. The van der Waals surface area contributed by atoms with Crippen molar-refractivity contribution in [3.63, 3.8) is 0 Å². The molecule has 5 heteroatoms. The highest BCUT2D eigenvalue weighted by Gasteiger charge is 2.12. The standard InChI is InChI=1S/C16H20N4O/c1-11(2)10-21-8-7-20-15-12-5-3-4-6-13(12)18-9-14(15)19-16(20)17/h3-6,9,11H,7-8,10H2,1-2H3,(H2,17,19). The zero-order valence-corrected chi connectivity index (χ0v) is 12.4. The summed E-state index contributed by atoms with van der Waals surface area (Å²) in [6.07, 6.45) is 1.78. The van der Waals surface area contributed by atoms with E-state index >= 15 is 0 Å². The zero-order chi connectivity index (χ0) is 14.8. The topological polar surface area (TPSA) is 66.0 Å². The Kier molecular flexibility index (Phi) is 3.75. The average Bonchev–Trinajstić information content (AvgIpc) is 2.79. The summed E-state index contributed by atoms with van der Waals surface area (Å²) < 4.78 is 7.68. The number of fused-ring (bicyclic) bond motifs is 3. The molecule has 0 fully saturated rings. The number of rotatable bonds is 5. The van der Waals surface area contributed by atoms with E-state index in [1.165, 1.54) is 0 Å². The molecule has 0 atom stereocenters. The van der Waals surface area contributed by atoms with E-state index in [2.05, 4.69) is 29.9 Å². The van der Waals surface area contributed by atoms with Crippen molar-refractivity contribution in [3.05, 3.63) is 30.5 Å². The number of imidazole rings is 1. The highest BCUT2D eigenvalue weighted by atomic mass is 16.5. The van der Waals surface area contributed by atoms with Crippen molar-refractivity contribution in [2.45, 2.75) is 20.4 Å². The lowest BCUT2D eigenvalue weighted by atomic mass is 10.2. The first-order chi connectivity index (χ1) is 10.2. The number of benzene rings is 1. The van der Waals surface area contributed by atoms with Crippen LogP contribution in [0.2, 0.25) is 0 Å². The van der Waals surface area contributed by atoms with E-state index in [-0.39, 0.29) is 0 Å². The minimum Gasteiger partial charge on any atom is -0.379 e. The number of nitrogens with two attached hydrogens (primary N) is 1. The van der Waals surface area contributed by atoms with Crippen LogP contribution in [0.15, 0.2) is 30.5 Å². The number of nitrogens with zero attached hydrogens (tertiary/aromatic N) is 3. The van der Waals surface area contributed by atoms with Gasteiger partial charge in [0.05, 0.1) is 23.8 Å². The fourth-order valence-electron chi connectivity index (χ4n) is 2.48. The van der Waals surface area contributed by atoms with E-state index in [0.29, 0.717) is 25.0 Å². The normalized spacial score (nSPS) is 11.8. The van der Waals surface area contributed by atoms with Crippen LogP contribution in [0.4, 0.5) is 5.95 Å². The second-order valence-electron chi connectivity index (χ2n) is 5.60. The molecule has 0 spiro atoms. The van der Waals surface area contributed by atoms with Gasteiger partial charge in [0, 0.05) is 18.5 Å². The van der Waals surface area contributed by atoms with Crippen LogP contribution in [0.1, 0.15) is 13.8 Å². The minimum absolute atomic E-state index is 0.510. The van der Waals surface area contributed by atoms with Gasteiger partial charge in [-0.15, -0.1) is 0 Å². The predicted octanol–water partition coefficient (Wildman–Crippen LogP) is 2.84. The van der Waals surface area contributed by atoms with Gasteiger partial charge < -0.3 is 15.0 Å². The minimum atomic E-state index is 0.510. The Morgan fingerprint density at radius 3 is 2.86 bits per heavy atom. The monoisotopic (exact) mass is 284 g/mol. The first-order valence-corrected chi connectivity index (χ1v) is 7.24. The zero-order valence-electron chi connectivity index (χ0n) is 12.4. The van der Waals surface area contributed by atoms with Crippen LogP contribution in [0.25, 0.3) is 21.9 Å². The van der Waals surface area contributed by atoms with Crippen LogP contribution < -0.4 is 5.73 Å². The molecule has 0 radical (unpaired) electrons. The molecule has 0 unspecified atom stereocenters. The summed E-state index contributed by atoms with van der Waals surface area (Å²) >= 11 is 0. The summed E-state index contributed by atoms with van der Waals surface area (Å²) in [6.45, 7) is 6.36. The molecule has 21 heavy (non-hydrogen) atoms. The molecule has 3 rings (SSSR count). The maximum absolute atomic E-state index is 6.05. The van der Waals surface area contributed by atoms with E-state index in [9.17, 15) is 0 Å². The number of anilines is 1. The molecular formula is C16H20N4O. The second-order valence-corrected chi connectivity index (χ2v) is 5.60. The largest absolute Gasteiger partial charge is 0.379 e. The van der Waals surface area contributed by atoms with E-state index in [1.54, 1.807) is 6.20 Å². The summed E-state index contributed by atoms with van der Waals surface area (Å²) in [5.74, 6) is 1.04. The fourth-order valence-corrected chi connectivity index (χ4v) is 2.48. The molecule has 3 aromatic rings. The lowest BCUT2D eigenvalue weighted by molar-refractivity contribution is 0.104. The van der Waals surface area contributed by atoms with E-state index in [4.69, 9.17) is 10.5 Å². The molecule has 2 heterocycles. The van der Waals surface area contributed by atoms with Crippen molar-refractivity contribution in [1.82, 2.24) is 14.5 Å². The fraction of sp³-hybridized carbons (Fsp3) is 0.375. The number of aromatic nitrogens is 3. The van der Waals surface area contributed by atoms with Crippen LogP contribution >= 0.6 is 0 Å². The third-order valence-electron chi connectivity index (χ3n) is 3.42. The van der Waals surface area contributed by atoms with Crippen LogP contribution in [-0.2, 0) is 11.3 Å². The Hall–Kier alpha value is -2.14. The number of hydrogen-bond donors (Lipinski definition) is 1. The Morgan fingerprint density at radius 2 is 2.05 bits per heavy atom. The Bertz CT molecular complexity index is 763. The highest BCUT2D eigenvalue weighted by Crippen LogP contribution is 2.25. The van der Waals surface area contributed by atoms with E-state index < -0.39 is 0 Å². The maximum Gasteiger partial charge on any atom is 0.201 e. The second kappa shape index (κ2) is 5.69. The van der Waals surface area contributed by atoms with E-state index in [0.717, 1.165) is 28.5 Å². The molecule has 0 bridgehead atoms. The van der Waals surface area contributed by atoms with Crippen LogP contribution in [0.3, 0.4) is 0 Å². The van der Waals surface area contributed by atoms with Gasteiger partial charge in [-0.1, -0.05) is 32.0 Å². The third-order valence-corrected chi connectivity index (χ3v) is 3.42. The first-order valence-electron chi connectivity index (χ1n) is 7.24. The Labute approximate surface area is 123 Å². The van der Waals surface area contributed by atoms with Crippen molar-refractivity contribution < 1.29 is 4.74 Å². The van der Waals surface area contributed by atoms with Gasteiger partial charge in [0.15, 0.2) is 0 Å². The molecule has 0 saturated carbocycles. The summed E-state index contributed by atoms with van der Waals surface area (Å²) in [6, 6.07) is 8.04. The summed E-state index contributed by atoms with van der Waals surface area (Å²) in [5, 5.41) is 1.07. The molecule has 0 aliphatic rings. The Balaban J connectivity index is 1.97.